The number of urea groups is 1. The van der Waals surface area contributed by atoms with Gasteiger partial charge in [0.25, 0.3) is 5.91 Å². The molecule has 2 aromatic carbocycles. The van der Waals surface area contributed by atoms with Crippen LogP contribution in [0.2, 0.25) is 0 Å². The summed E-state index contributed by atoms with van der Waals surface area (Å²) in [5.41, 5.74) is 1.69. The number of hydrogen-bond acceptors (Lipinski definition) is 4. The van der Waals surface area contributed by atoms with Gasteiger partial charge in [-0.25, -0.2) is 4.79 Å². The first-order valence-corrected chi connectivity index (χ1v) is 11.0. The molecule has 7 heteroatoms. The first-order chi connectivity index (χ1) is 15.7. The molecule has 0 unspecified atom stereocenters. The predicted molar refractivity (Wildman–Crippen MR) is 126 cm³/mol. The number of nitrogens with one attached hydrogen (secondary N) is 1. The van der Waals surface area contributed by atoms with Crippen LogP contribution in [-0.2, 0) is 15.1 Å². The molecule has 172 valence electrons. The topological polar surface area (TPSA) is 80.6 Å². The van der Waals surface area contributed by atoms with Gasteiger partial charge < -0.3 is 14.6 Å². The highest BCUT2D eigenvalue weighted by Crippen LogP contribution is 2.31. The van der Waals surface area contributed by atoms with E-state index in [-0.39, 0.29) is 18.4 Å². The Morgan fingerprint density at radius 3 is 2.48 bits per heavy atom. The molecule has 2 heterocycles. The van der Waals surface area contributed by atoms with Crippen molar-refractivity contribution in [1.82, 2.24) is 14.8 Å². The zero-order valence-corrected chi connectivity index (χ0v) is 19.6. The van der Waals surface area contributed by atoms with Crippen molar-refractivity contribution >= 4 is 28.5 Å². The van der Waals surface area contributed by atoms with Crippen molar-refractivity contribution in [3.8, 4) is 0 Å². The van der Waals surface area contributed by atoms with E-state index in [1.807, 2.05) is 73.9 Å². The van der Waals surface area contributed by atoms with Gasteiger partial charge in [-0.15, -0.1) is 0 Å². The van der Waals surface area contributed by atoms with E-state index in [2.05, 4.69) is 5.32 Å². The van der Waals surface area contributed by atoms with E-state index in [1.54, 1.807) is 14.0 Å². The van der Waals surface area contributed by atoms with E-state index in [4.69, 9.17) is 4.74 Å². The van der Waals surface area contributed by atoms with Crippen molar-refractivity contribution in [2.24, 2.45) is 0 Å². The molecular formula is C26H29N3O4. The molecule has 3 aromatic rings. The summed E-state index contributed by atoms with van der Waals surface area (Å²) >= 11 is 0. The molecule has 4 rings (SSSR count). The van der Waals surface area contributed by atoms with Crippen molar-refractivity contribution in [2.75, 3.05) is 20.3 Å². The maximum absolute atomic E-state index is 13.4. The second-order valence-corrected chi connectivity index (χ2v) is 8.89. The van der Waals surface area contributed by atoms with Crippen LogP contribution in [0.15, 0.2) is 48.5 Å². The van der Waals surface area contributed by atoms with Gasteiger partial charge in [-0.2, -0.15) is 0 Å². The fourth-order valence-electron chi connectivity index (χ4n) is 4.82. The molecule has 33 heavy (non-hydrogen) atoms. The quantitative estimate of drug-likeness (QED) is 0.437. The van der Waals surface area contributed by atoms with Crippen LogP contribution >= 0.6 is 0 Å². The number of nitrogens with zero attached hydrogens (tertiary/aromatic N) is 2. The van der Waals surface area contributed by atoms with Gasteiger partial charge in [0.2, 0.25) is 0 Å². The van der Waals surface area contributed by atoms with Gasteiger partial charge in [-0.3, -0.25) is 14.5 Å². The van der Waals surface area contributed by atoms with Crippen LogP contribution in [0.5, 0.6) is 0 Å². The zero-order chi connectivity index (χ0) is 23.9. The standard InChI is InChI=1S/C26H29N3O4/c1-16-12-22(18(3)29(16)17(2)15-33-5)23(30)14-28-24(31)26(4,27-25(28)32)21-11-10-19-8-6-7-9-20(19)13-21/h6-13,17H,14-15H2,1-5H3,(H,27,32)/t17-,26+/m0/s1. The molecule has 0 radical (unpaired) electrons. The Hall–Kier alpha value is -3.45. The molecule has 0 aliphatic carbocycles. The smallest absolute Gasteiger partial charge is 0.325 e. The summed E-state index contributed by atoms with van der Waals surface area (Å²) in [6.45, 7) is 7.71. The summed E-state index contributed by atoms with van der Waals surface area (Å²) in [5.74, 6) is -0.706. The van der Waals surface area contributed by atoms with E-state index in [1.165, 1.54) is 0 Å². The zero-order valence-electron chi connectivity index (χ0n) is 19.6. The third kappa shape index (κ3) is 3.82. The van der Waals surface area contributed by atoms with Crippen LogP contribution < -0.4 is 5.32 Å². The normalized spacial score (nSPS) is 19.2. The van der Waals surface area contributed by atoms with E-state index in [9.17, 15) is 14.4 Å². The highest BCUT2D eigenvalue weighted by Gasteiger charge is 2.49. The molecule has 1 aliphatic rings. The third-order valence-corrected chi connectivity index (χ3v) is 6.54. The molecule has 7 nitrogen and oxygen atoms in total. The third-order valence-electron chi connectivity index (χ3n) is 6.54. The van der Waals surface area contributed by atoms with Crippen LogP contribution in [0.1, 0.15) is 47.2 Å². The summed E-state index contributed by atoms with van der Waals surface area (Å²) < 4.78 is 7.30. The molecule has 1 N–H and O–H groups in total. The molecule has 0 bridgehead atoms. The number of aromatic nitrogens is 1. The Morgan fingerprint density at radius 2 is 1.79 bits per heavy atom. The second-order valence-electron chi connectivity index (χ2n) is 8.89. The summed E-state index contributed by atoms with van der Waals surface area (Å²) in [7, 11) is 1.64. The van der Waals surface area contributed by atoms with E-state index in [0.29, 0.717) is 17.7 Å². The monoisotopic (exact) mass is 447 g/mol. The molecule has 1 saturated heterocycles. The van der Waals surface area contributed by atoms with E-state index < -0.39 is 17.5 Å². The average molecular weight is 448 g/mol. The van der Waals surface area contributed by atoms with Gasteiger partial charge >= 0.3 is 6.03 Å². The van der Waals surface area contributed by atoms with Crippen molar-refractivity contribution in [3.63, 3.8) is 0 Å². The number of rotatable bonds is 7. The number of aryl methyl sites for hydroxylation is 1. The first-order valence-electron chi connectivity index (χ1n) is 11.0. The minimum atomic E-state index is -1.23. The maximum atomic E-state index is 13.4. The number of imide groups is 1. The van der Waals surface area contributed by atoms with Crippen LogP contribution in [0.4, 0.5) is 4.79 Å². The van der Waals surface area contributed by atoms with E-state index >= 15 is 0 Å². The molecule has 1 aliphatic heterocycles. The van der Waals surface area contributed by atoms with Crippen LogP contribution in [-0.4, -0.2) is 47.4 Å². The minimum absolute atomic E-state index is 0.0597. The number of fused-ring (bicyclic) bond motifs is 1. The molecule has 1 aromatic heterocycles. The number of benzene rings is 2. The molecular weight excluding hydrogens is 418 g/mol. The summed E-state index contributed by atoms with van der Waals surface area (Å²) in [6, 6.07) is 14.8. The number of carbonyl (C=O) groups is 3. The summed E-state index contributed by atoms with van der Waals surface area (Å²) in [5, 5.41) is 4.82. The van der Waals surface area contributed by atoms with Crippen LogP contribution in [0, 0.1) is 13.8 Å². The SMILES string of the molecule is COC[C@H](C)n1c(C)cc(C(=O)CN2C(=O)N[C@](C)(c3ccc4ccccc4c3)C2=O)c1C. The lowest BCUT2D eigenvalue weighted by atomic mass is 9.90. The number of carbonyl (C=O) groups excluding carboxylic acids is 3. The largest absolute Gasteiger partial charge is 0.383 e. The summed E-state index contributed by atoms with van der Waals surface area (Å²) in [4.78, 5) is 40.3. The summed E-state index contributed by atoms with van der Waals surface area (Å²) in [6.07, 6.45) is 0. The van der Waals surface area contributed by atoms with Crippen molar-refractivity contribution in [1.29, 1.82) is 0 Å². The first kappa shape index (κ1) is 22.7. The molecule has 0 saturated carbocycles. The Kier molecular flexibility index (Phi) is 5.84. The number of ether oxygens (including phenoxy) is 1. The maximum Gasteiger partial charge on any atom is 0.325 e. The van der Waals surface area contributed by atoms with Crippen molar-refractivity contribution < 1.29 is 19.1 Å². The van der Waals surface area contributed by atoms with Crippen molar-refractivity contribution in [2.45, 2.75) is 39.3 Å². The number of methoxy groups -OCH3 is 1. The molecule has 2 atom stereocenters. The Balaban J connectivity index is 1.59. The van der Waals surface area contributed by atoms with Gasteiger partial charge in [-0.05, 0) is 56.2 Å². The molecule has 1 fully saturated rings. The number of Topliss-reactive ketones (excluding diaryl/α,β-unsaturated/α-hetero) is 1. The van der Waals surface area contributed by atoms with Gasteiger partial charge in [0, 0.05) is 24.1 Å². The Labute approximate surface area is 193 Å². The predicted octanol–water partition coefficient (Wildman–Crippen LogP) is 4.12. The highest BCUT2D eigenvalue weighted by atomic mass is 16.5. The second kappa shape index (κ2) is 8.48. The average Bonchev–Trinajstić information content (AvgIpc) is 3.21. The fraction of sp³-hybridized carbons (Fsp3) is 0.346. The van der Waals surface area contributed by atoms with Gasteiger partial charge in [0.05, 0.1) is 19.2 Å². The highest BCUT2D eigenvalue weighted by molar-refractivity contribution is 6.11. The lowest BCUT2D eigenvalue weighted by Gasteiger charge is -2.22. The lowest BCUT2D eigenvalue weighted by Crippen LogP contribution is -2.41. The number of ketones is 1. The molecule has 3 amide bonds. The Bertz CT molecular complexity index is 1260. The van der Waals surface area contributed by atoms with Crippen LogP contribution in [0.3, 0.4) is 0 Å². The fourth-order valence-corrected chi connectivity index (χ4v) is 4.82. The number of amides is 3. The van der Waals surface area contributed by atoms with Gasteiger partial charge in [0.1, 0.15) is 5.54 Å². The Morgan fingerprint density at radius 1 is 1.09 bits per heavy atom. The van der Waals surface area contributed by atoms with Crippen molar-refractivity contribution in [3.05, 3.63) is 71.0 Å². The number of hydrogen-bond donors (Lipinski definition) is 1. The van der Waals surface area contributed by atoms with Crippen LogP contribution in [0.25, 0.3) is 10.8 Å². The van der Waals surface area contributed by atoms with Gasteiger partial charge in [0.15, 0.2) is 5.78 Å². The van der Waals surface area contributed by atoms with Gasteiger partial charge in [-0.1, -0.05) is 36.4 Å². The minimum Gasteiger partial charge on any atom is -0.383 e. The van der Waals surface area contributed by atoms with E-state index in [0.717, 1.165) is 27.1 Å². The lowest BCUT2D eigenvalue weighted by molar-refractivity contribution is -0.130. The molecule has 0 spiro atoms.